The lowest BCUT2D eigenvalue weighted by molar-refractivity contribution is -0.116. The molecule has 0 saturated heterocycles. The van der Waals surface area contributed by atoms with Crippen molar-refractivity contribution in [1.82, 2.24) is 0 Å². The Morgan fingerprint density at radius 1 is 1.24 bits per heavy atom. The smallest absolute Gasteiger partial charge is 0.261 e. The summed E-state index contributed by atoms with van der Waals surface area (Å²) in [6, 6.07) is 3.14. The summed E-state index contributed by atoms with van der Waals surface area (Å²) in [5, 5.41) is 2.43. The van der Waals surface area contributed by atoms with Crippen LogP contribution in [0.15, 0.2) is 23.1 Å². The molecule has 0 saturated carbocycles. The fourth-order valence-electron chi connectivity index (χ4n) is 1.85. The monoisotopic (exact) mass is 335 g/mol. The molecule has 0 aromatic heterocycles. The van der Waals surface area contributed by atoms with Crippen molar-refractivity contribution in [2.75, 3.05) is 5.32 Å². The van der Waals surface area contributed by atoms with Gasteiger partial charge in [-0.15, -0.1) is 0 Å². The number of hydrogen-bond donors (Lipinski definition) is 1. The lowest BCUT2D eigenvalue weighted by Gasteiger charge is -2.07. The van der Waals surface area contributed by atoms with E-state index in [1.165, 1.54) is 6.07 Å². The van der Waals surface area contributed by atoms with Crippen molar-refractivity contribution in [3.63, 3.8) is 0 Å². The summed E-state index contributed by atoms with van der Waals surface area (Å²) < 4.78 is 35.8. The van der Waals surface area contributed by atoms with E-state index in [-0.39, 0.29) is 16.5 Å². The second-order valence-electron chi connectivity index (χ2n) is 4.79. The number of nitrogens with one attached hydrogen (secondary N) is 1. The molecule has 0 fully saturated rings. The molecule has 1 aromatic carbocycles. The van der Waals surface area contributed by atoms with Crippen LogP contribution in [0.5, 0.6) is 0 Å². The van der Waals surface area contributed by atoms with Crippen LogP contribution in [0.3, 0.4) is 0 Å². The first-order valence-electron chi connectivity index (χ1n) is 6.88. The fraction of sp³-hybridized carbons (Fsp3) is 0.500. The van der Waals surface area contributed by atoms with Crippen LogP contribution < -0.4 is 5.32 Å². The maximum atomic E-state index is 13.7. The van der Waals surface area contributed by atoms with Crippen molar-refractivity contribution in [2.45, 2.75) is 50.3 Å². The number of halogens is 2. The molecular formula is C14H19ClFNO3S. The summed E-state index contributed by atoms with van der Waals surface area (Å²) in [5.41, 5.74) is -0.0439. The van der Waals surface area contributed by atoms with Crippen molar-refractivity contribution in [1.29, 1.82) is 0 Å². The zero-order valence-electron chi connectivity index (χ0n) is 11.9. The van der Waals surface area contributed by atoms with E-state index in [9.17, 15) is 17.6 Å². The average Bonchev–Trinajstić information content (AvgIpc) is 2.39. The number of carbonyl (C=O) groups is 1. The summed E-state index contributed by atoms with van der Waals surface area (Å²) in [6.07, 6.45) is 5.39. The van der Waals surface area contributed by atoms with E-state index in [2.05, 4.69) is 12.2 Å². The average molecular weight is 336 g/mol. The number of hydrogen-bond acceptors (Lipinski definition) is 3. The molecule has 0 aliphatic carbocycles. The van der Waals surface area contributed by atoms with Gasteiger partial charge >= 0.3 is 0 Å². The van der Waals surface area contributed by atoms with E-state index < -0.39 is 14.9 Å². The van der Waals surface area contributed by atoms with Gasteiger partial charge in [-0.3, -0.25) is 4.79 Å². The largest absolute Gasteiger partial charge is 0.324 e. The molecule has 0 heterocycles. The van der Waals surface area contributed by atoms with Gasteiger partial charge in [0, 0.05) is 17.1 Å². The SMILES string of the molecule is CCCCCCCC(=O)Nc1ccc(S(=O)(=O)Cl)cc1F. The summed E-state index contributed by atoms with van der Waals surface area (Å²) in [6.45, 7) is 2.11. The third kappa shape index (κ3) is 6.44. The van der Waals surface area contributed by atoms with Crippen LogP contribution in [0.2, 0.25) is 0 Å². The van der Waals surface area contributed by atoms with Gasteiger partial charge in [0.15, 0.2) is 0 Å². The Morgan fingerprint density at radius 2 is 1.90 bits per heavy atom. The van der Waals surface area contributed by atoms with Gasteiger partial charge in [0.25, 0.3) is 9.05 Å². The van der Waals surface area contributed by atoms with Crippen LogP contribution in [0.4, 0.5) is 10.1 Å². The van der Waals surface area contributed by atoms with Gasteiger partial charge in [0.1, 0.15) is 5.82 Å². The summed E-state index contributed by atoms with van der Waals surface area (Å²) in [5.74, 6) is -1.11. The van der Waals surface area contributed by atoms with Crippen molar-refractivity contribution in [2.24, 2.45) is 0 Å². The Morgan fingerprint density at radius 3 is 2.48 bits per heavy atom. The minimum Gasteiger partial charge on any atom is -0.324 e. The van der Waals surface area contributed by atoms with Crippen molar-refractivity contribution < 1.29 is 17.6 Å². The normalized spacial score (nSPS) is 11.4. The number of anilines is 1. The lowest BCUT2D eigenvalue weighted by atomic mass is 10.1. The van der Waals surface area contributed by atoms with Gasteiger partial charge in [-0.25, -0.2) is 12.8 Å². The van der Waals surface area contributed by atoms with E-state index in [1.54, 1.807) is 0 Å². The highest BCUT2D eigenvalue weighted by atomic mass is 35.7. The Kier molecular flexibility index (Phi) is 7.11. The van der Waals surface area contributed by atoms with Gasteiger partial charge in [0.2, 0.25) is 5.91 Å². The van der Waals surface area contributed by atoms with E-state index in [0.717, 1.165) is 44.2 Å². The van der Waals surface area contributed by atoms with Gasteiger partial charge in [-0.2, -0.15) is 0 Å². The molecule has 0 aliphatic heterocycles. The fourth-order valence-corrected chi connectivity index (χ4v) is 2.61. The molecule has 118 valence electrons. The predicted molar refractivity (Wildman–Crippen MR) is 81.4 cm³/mol. The highest BCUT2D eigenvalue weighted by Crippen LogP contribution is 2.21. The molecule has 0 aliphatic rings. The van der Waals surface area contributed by atoms with E-state index in [1.807, 2.05) is 0 Å². The Balaban J connectivity index is 2.53. The topological polar surface area (TPSA) is 63.2 Å². The molecule has 1 aromatic rings. The third-order valence-corrected chi connectivity index (χ3v) is 4.36. The van der Waals surface area contributed by atoms with Gasteiger partial charge in [0.05, 0.1) is 10.6 Å². The summed E-state index contributed by atoms with van der Waals surface area (Å²) in [4.78, 5) is 11.3. The highest BCUT2D eigenvalue weighted by Gasteiger charge is 2.14. The van der Waals surface area contributed by atoms with Crippen molar-refractivity contribution in [3.8, 4) is 0 Å². The second-order valence-corrected chi connectivity index (χ2v) is 7.36. The number of amides is 1. The van der Waals surface area contributed by atoms with Gasteiger partial charge in [-0.05, 0) is 24.6 Å². The molecular weight excluding hydrogens is 317 g/mol. The molecule has 1 amide bonds. The molecule has 0 spiro atoms. The minimum atomic E-state index is -3.97. The number of rotatable bonds is 8. The van der Waals surface area contributed by atoms with Crippen molar-refractivity contribution >= 4 is 31.3 Å². The number of unbranched alkanes of at least 4 members (excludes halogenated alkanes) is 4. The van der Waals surface area contributed by atoms with E-state index in [0.29, 0.717) is 6.42 Å². The lowest BCUT2D eigenvalue weighted by Crippen LogP contribution is -2.12. The second kappa shape index (κ2) is 8.34. The maximum absolute atomic E-state index is 13.7. The molecule has 21 heavy (non-hydrogen) atoms. The molecule has 4 nitrogen and oxygen atoms in total. The quantitative estimate of drug-likeness (QED) is 0.575. The number of benzene rings is 1. The van der Waals surface area contributed by atoms with E-state index >= 15 is 0 Å². The first kappa shape index (κ1) is 17.9. The highest BCUT2D eigenvalue weighted by molar-refractivity contribution is 8.13. The molecule has 1 N–H and O–H groups in total. The maximum Gasteiger partial charge on any atom is 0.261 e. The van der Waals surface area contributed by atoms with Gasteiger partial charge in [-0.1, -0.05) is 32.6 Å². The Hall–Kier alpha value is -1.14. The zero-order chi connectivity index (χ0) is 15.9. The standard InChI is InChI=1S/C14H19ClFNO3S/c1-2-3-4-5-6-7-14(18)17-13-9-8-11(10-12(13)16)21(15,19)20/h8-10H,2-7H2,1H3,(H,17,18). The molecule has 0 bridgehead atoms. The van der Waals surface area contributed by atoms with Crippen LogP contribution in [0.1, 0.15) is 45.4 Å². The van der Waals surface area contributed by atoms with Crippen LogP contribution in [-0.4, -0.2) is 14.3 Å². The molecule has 1 rings (SSSR count). The van der Waals surface area contributed by atoms with Gasteiger partial charge < -0.3 is 5.32 Å². The van der Waals surface area contributed by atoms with Crippen LogP contribution in [-0.2, 0) is 13.8 Å². The zero-order valence-corrected chi connectivity index (χ0v) is 13.4. The number of carbonyl (C=O) groups excluding carboxylic acids is 1. The Bertz CT molecular complexity index is 590. The Labute approximate surface area is 129 Å². The molecule has 0 atom stereocenters. The molecule has 0 radical (unpaired) electrons. The van der Waals surface area contributed by atoms with E-state index in [4.69, 9.17) is 10.7 Å². The third-order valence-electron chi connectivity index (χ3n) is 3.00. The molecule has 0 unspecified atom stereocenters. The van der Waals surface area contributed by atoms with Crippen LogP contribution in [0, 0.1) is 5.82 Å². The van der Waals surface area contributed by atoms with Crippen LogP contribution in [0.25, 0.3) is 0 Å². The minimum absolute atomic E-state index is 0.0439. The first-order chi connectivity index (χ1) is 9.84. The van der Waals surface area contributed by atoms with Crippen molar-refractivity contribution in [3.05, 3.63) is 24.0 Å². The predicted octanol–water partition coefficient (Wildman–Crippen LogP) is 4.05. The summed E-state index contributed by atoms with van der Waals surface area (Å²) >= 11 is 0. The first-order valence-corrected chi connectivity index (χ1v) is 9.19. The molecule has 7 heteroatoms. The summed E-state index contributed by atoms with van der Waals surface area (Å²) in [7, 11) is 1.14. The van der Waals surface area contributed by atoms with Crippen LogP contribution >= 0.6 is 10.7 Å².